The Bertz CT molecular complexity index is 240. The van der Waals surface area contributed by atoms with Gasteiger partial charge in [-0.25, -0.2) is 0 Å². The van der Waals surface area contributed by atoms with Gasteiger partial charge in [0, 0.05) is 25.8 Å². The minimum atomic E-state index is -0.344. The molecule has 78 valence electrons. The van der Waals surface area contributed by atoms with Crippen molar-refractivity contribution < 1.29 is 5.11 Å². The number of aliphatic hydroxyl groups excluding tert-OH is 1. The topological polar surface area (TPSA) is 57.2 Å². The number of hydrogen-bond donors (Lipinski definition) is 3. The van der Waals surface area contributed by atoms with Gasteiger partial charge in [-0.1, -0.05) is 6.07 Å². The van der Waals surface area contributed by atoms with Gasteiger partial charge in [0.2, 0.25) is 0 Å². The van der Waals surface area contributed by atoms with Crippen LogP contribution in [-0.4, -0.2) is 36.3 Å². The number of nitrogens with one attached hydrogen (secondary N) is 2. The molecule has 0 fully saturated rings. The Labute approximate surface area is 84.4 Å². The molecule has 0 aromatic carbocycles. The Morgan fingerprint density at radius 1 is 1.43 bits per heavy atom. The Kier molecular flexibility index (Phi) is 5.14. The number of nitrogens with zero attached hydrogens (tertiary/aromatic N) is 1. The minimum Gasteiger partial charge on any atom is -0.390 e. The van der Waals surface area contributed by atoms with E-state index in [1.165, 1.54) is 0 Å². The molecule has 4 nitrogen and oxygen atoms in total. The highest BCUT2D eigenvalue weighted by molar-refractivity contribution is 5.02. The van der Waals surface area contributed by atoms with E-state index in [1.54, 1.807) is 6.20 Å². The summed E-state index contributed by atoms with van der Waals surface area (Å²) in [4.78, 5) is 4.16. The molecule has 1 heterocycles. The monoisotopic (exact) mass is 195 g/mol. The Morgan fingerprint density at radius 2 is 2.29 bits per heavy atom. The number of likely N-dealkylation sites (N-methyl/N-ethyl adjacent to an activating group) is 1. The van der Waals surface area contributed by atoms with E-state index in [1.807, 2.05) is 25.2 Å². The molecular formula is C10H17N3O. The average molecular weight is 195 g/mol. The molecule has 1 aromatic heterocycles. The summed E-state index contributed by atoms with van der Waals surface area (Å²) in [5.74, 6) is 0. The van der Waals surface area contributed by atoms with Gasteiger partial charge in [0.05, 0.1) is 11.8 Å². The van der Waals surface area contributed by atoms with Gasteiger partial charge >= 0.3 is 0 Å². The van der Waals surface area contributed by atoms with Crippen LogP contribution in [0, 0.1) is 0 Å². The van der Waals surface area contributed by atoms with Crippen LogP contribution in [0.3, 0.4) is 0 Å². The quantitative estimate of drug-likeness (QED) is 0.586. The zero-order valence-corrected chi connectivity index (χ0v) is 8.40. The molecule has 0 saturated carbocycles. The summed E-state index contributed by atoms with van der Waals surface area (Å²) in [6.07, 6.45) is 1.42. The van der Waals surface area contributed by atoms with Gasteiger partial charge in [-0.2, -0.15) is 0 Å². The molecule has 1 aromatic rings. The molecular weight excluding hydrogens is 178 g/mol. The van der Waals surface area contributed by atoms with Crippen LogP contribution in [0.2, 0.25) is 0 Å². The van der Waals surface area contributed by atoms with E-state index in [0.29, 0.717) is 19.6 Å². The van der Waals surface area contributed by atoms with Crippen molar-refractivity contribution in [2.75, 3.05) is 20.1 Å². The molecule has 0 spiro atoms. The summed E-state index contributed by atoms with van der Waals surface area (Å²) in [6, 6.07) is 5.80. The van der Waals surface area contributed by atoms with Crippen LogP contribution in [0.25, 0.3) is 0 Å². The van der Waals surface area contributed by atoms with Gasteiger partial charge in [0.15, 0.2) is 0 Å². The first-order valence-electron chi connectivity index (χ1n) is 4.76. The Balaban J connectivity index is 2.16. The molecule has 3 N–H and O–H groups in total. The van der Waals surface area contributed by atoms with E-state index < -0.39 is 0 Å². The third-order valence-corrected chi connectivity index (χ3v) is 1.85. The summed E-state index contributed by atoms with van der Waals surface area (Å²) in [7, 11) is 1.82. The fraction of sp³-hybridized carbons (Fsp3) is 0.500. The number of pyridine rings is 1. The Hall–Kier alpha value is -0.970. The number of aromatic nitrogens is 1. The molecule has 0 aliphatic rings. The number of aliphatic hydroxyl groups is 1. The van der Waals surface area contributed by atoms with Crippen LogP contribution in [0.15, 0.2) is 24.4 Å². The Morgan fingerprint density at radius 3 is 2.93 bits per heavy atom. The first-order chi connectivity index (χ1) is 6.83. The standard InChI is InChI=1S/C10H17N3O/c1-11-7-10(14)8-12-6-9-4-2-3-5-13-9/h2-5,10-12,14H,6-8H2,1H3. The lowest BCUT2D eigenvalue weighted by Gasteiger charge is -2.10. The third kappa shape index (κ3) is 4.32. The predicted molar refractivity (Wildman–Crippen MR) is 55.9 cm³/mol. The van der Waals surface area contributed by atoms with Gasteiger partial charge < -0.3 is 15.7 Å². The fourth-order valence-corrected chi connectivity index (χ4v) is 1.18. The van der Waals surface area contributed by atoms with E-state index in [9.17, 15) is 5.11 Å². The van der Waals surface area contributed by atoms with Gasteiger partial charge in [-0.15, -0.1) is 0 Å². The van der Waals surface area contributed by atoms with Crippen molar-refractivity contribution in [2.24, 2.45) is 0 Å². The van der Waals surface area contributed by atoms with E-state index in [-0.39, 0.29) is 6.10 Å². The van der Waals surface area contributed by atoms with E-state index >= 15 is 0 Å². The van der Waals surface area contributed by atoms with Crippen molar-refractivity contribution in [2.45, 2.75) is 12.6 Å². The number of hydrogen-bond acceptors (Lipinski definition) is 4. The average Bonchev–Trinajstić information content (AvgIpc) is 2.20. The largest absolute Gasteiger partial charge is 0.390 e. The second-order valence-corrected chi connectivity index (χ2v) is 3.16. The maximum absolute atomic E-state index is 9.38. The molecule has 0 aliphatic heterocycles. The second kappa shape index (κ2) is 6.48. The van der Waals surface area contributed by atoms with Crippen LogP contribution in [0.5, 0.6) is 0 Å². The fourth-order valence-electron chi connectivity index (χ4n) is 1.18. The molecule has 4 heteroatoms. The van der Waals surface area contributed by atoms with Crippen molar-refractivity contribution in [3.8, 4) is 0 Å². The van der Waals surface area contributed by atoms with Crippen molar-refractivity contribution in [3.63, 3.8) is 0 Å². The molecule has 1 atom stereocenters. The molecule has 0 saturated heterocycles. The molecule has 0 aliphatic carbocycles. The summed E-state index contributed by atoms with van der Waals surface area (Å²) >= 11 is 0. The SMILES string of the molecule is CNCC(O)CNCc1ccccn1. The van der Waals surface area contributed by atoms with Crippen LogP contribution in [0.4, 0.5) is 0 Å². The van der Waals surface area contributed by atoms with Gasteiger partial charge in [0.25, 0.3) is 0 Å². The second-order valence-electron chi connectivity index (χ2n) is 3.16. The van der Waals surface area contributed by atoms with E-state index in [4.69, 9.17) is 0 Å². The first kappa shape index (κ1) is 11.1. The molecule has 1 rings (SSSR count). The maximum Gasteiger partial charge on any atom is 0.0788 e. The highest BCUT2D eigenvalue weighted by Gasteiger charge is 2.01. The lowest BCUT2D eigenvalue weighted by atomic mass is 10.3. The lowest BCUT2D eigenvalue weighted by Crippen LogP contribution is -2.33. The zero-order valence-electron chi connectivity index (χ0n) is 8.40. The maximum atomic E-state index is 9.38. The predicted octanol–water partition coefficient (Wildman–Crippen LogP) is -0.249. The van der Waals surface area contributed by atoms with E-state index in [2.05, 4.69) is 15.6 Å². The summed E-state index contributed by atoms with van der Waals surface area (Å²) < 4.78 is 0. The summed E-state index contributed by atoms with van der Waals surface area (Å²) in [5, 5.41) is 15.4. The van der Waals surface area contributed by atoms with Crippen molar-refractivity contribution in [3.05, 3.63) is 30.1 Å². The number of rotatable bonds is 6. The zero-order chi connectivity index (χ0) is 10.2. The molecule has 1 unspecified atom stereocenters. The molecule has 0 radical (unpaired) electrons. The summed E-state index contributed by atoms with van der Waals surface area (Å²) in [5.41, 5.74) is 0.990. The van der Waals surface area contributed by atoms with Crippen LogP contribution in [-0.2, 0) is 6.54 Å². The smallest absolute Gasteiger partial charge is 0.0788 e. The molecule has 14 heavy (non-hydrogen) atoms. The first-order valence-corrected chi connectivity index (χ1v) is 4.76. The van der Waals surface area contributed by atoms with E-state index in [0.717, 1.165) is 5.69 Å². The minimum absolute atomic E-state index is 0.344. The summed E-state index contributed by atoms with van der Waals surface area (Å²) in [6.45, 7) is 1.88. The lowest BCUT2D eigenvalue weighted by molar-refractivity contribution is 0.171. The normalized spacial score (nSPS) is 12.7. The van der Waals surface area contributed by atoms with Gasteiger partial charge in [-0.3, -0.25) is 4.98 Å². The molecule has 0 amide bonds. The van der Waals surface area contributed by atoms with Crippen molar-refractivity contribution in [1.29, 1.82) is 0 Å². The highest BCUT2D eigenvalue weighted by Crippen LogP contribution is 1.91. The van der Waals surface area contributed by atoms with Gasteiger partial charge in [-0.05, 0) is 19.2 Å². The highest BCUT2D eigenvalue weighted by atomic mass is 16.3. The van der Waals surface area contributed by atoms with Crippen molar-refractivity contribution >= 4 is 0 Å². The van der Waals surface area contributed by atoms with Crippen molar-refractivity contribution in [1.82, 2.24) is 15.6 Å². The molecule has 0 bridgehead atoms. The van der Waals surface area contributed by atoms with Crippen LogP contribution in [0.1, 0.15) is 5.69 Å². The van der Waals surface area contributed by atoms with Crippen LogP contribution < -0.4 is 10.6 Å². The van der Waals surface area contributed by atoms with Gasteiger partial charge in [0.1, 0.15) is 0 Å². The third-order valence-electron chi connectivity index (χ3n) is 1.85. The van der Waals surface area contributed by atoms with Crippen LogP contribution >= 0.6 is 0 Å².